The summed E-state index contributed by atoms with van der Waals surface area (Å²) in [5, 5.41) is 0. The van der Waals surface area contributed by atoms with E-state index in [1.54, 1.807) is 0 Å². The Morgan fingerprint density at radius 3 is 2.29 bits per heavy atom. The molecule has 0 heterocycles. The zero-order valence-electron chi connectivity index (χ0n) is 16.8. The van der Waals surface area contributed by atoms with E-state index in [2.05, 4.69) is 78.8 Å². The zero-order chi connectivity index (χ0) is 18.0. The highest BCUT2D eigenvalue weighted by Gasteiger charge is 2.43. The Hall–Kier alpha value is -1.08. The molecule has 0 amide bonds. The van der Waals surface area contributed by atoms with Gasteiger partial charge in [0.25, 0.3) is 0 Å². The molecule has 0 aliphatic heterocycles. The molecular formula is C23H36O. The number of allylic oxidation sites excluding steroid dienone is 5. The Balaban J connectivity index is 2.44. The van der Waals surface area contributed by atoms with E-state index in [0.717, 1.165) is 32.3 Å². The molecule has 134 valence electrons. The predicted molar refractivity (Wildman–Crippen MR) is 105 cm³/mol. The van der Waals surface area contributed by atoms with Crippen LogP contribution in [0.1, 0.15) is 74.1 Å². The highest BCUT2D eigenvalue weighted by atomic mass is 16.5. The van der Waals surface area contributed by atoms with Crippen LogP contribution in [0.5, 0.6) is 0 Å². The van der Waals surface area contributed by atoms with Crippen LogP contribution in [0.25, 0.3) is 0 Å². The molecule has 0 aromatic carbocycles. The van der Waals surface area contributed by atoms with Crippen LogP contribution in [0.2, 0.25) is 0 Å². The van der Waals surface area contributed by atoms with Gasteiger partial charge in [0.2, 0.25) is 0 Å². The largest absolute Gasteiger partial charge is 0.370 e. The van der Waals surface area contributed by atoms with Gasteiger partial charge in [0.1, 0.15) is 0 Å². The third kappa shape index (κ3) is 4.30. The van der Waals surface area contributed by atoms with Gasteiger partial charge in [0, 0.05) is 13.0 Å². The molecule has 2 aliphatic rings. The molecular weight excluding hydrogens is 292 g/mol. The van der Waals surface area contributed by atoms with E-state index in [1.807, 2.05) is 0 Å². The maximum absolute atomic E-state index is 6.60. The zero-order valence-corrected chi connectivity index (χ0v) is 16.8. The fourth-order valence-electron chi connectivity index (χ4n) is 3.80. The van der Waals surface area contributed by atoms with Gasteiger partial charge in [-0.2, -0.15) is 0 Å². The molecule has 1 atom stereocenters. The second-order valence-corrected chi connectivity index (χ2v) is 9.40. The third-order valence-corrected chi connectivity index (χ3v) is 5.06. The van der Waals surface area contributed by atoms with Gasteiger partial charge in [-0.3, -0.25) is 0 Å². The van der Waals surface area contributed by atoms with Gasteiger partial charge in [0.15, 0.2) is 0 Å². The highest BCUT2D eigenvalue weighted by molar-refractivity contribution is 5.42. The fourth-order valence-corrected chi connectivity index (χ4v) is 3.80. The maximum Gasteiger partial charge on any atom is 0.0971 e. The quantitative estimate of drug-likeness (QED) is 0.540. The van der Waals surface area contributed by atoms with Gasteiger partial charge in [-0.15, -0.1) is 0 Å². The summed E-state index contributed by atoms with van der Waals surface area (Å²) in [7, 11) is 0. The molecule has 0 fully saturated rings. The minimum atomic E-state index is -0.180. The number of rotatable bonds is 5. The van der Waals surface area contributed by atoms with Crippen molar-refractivity contribution < 1.29 is 4.74 Å². The van der Waals surface area contributed by atoms with Crippen LogP contribution >= 0.6 is 0 Å². The second-order valence-electron chi connectivity index (χ2n) is 9.40. The molecule has 0 bridgehead atoms. The second kappa shape index (κ2) is 7.04. The van der Waals surface area contributed by atoms with Crippen LogP contribution in [0, 0.1) is 10.8 Å². The van der Waals surface area contributed by atoms with Crippen molar-refractivity contribution >= 4 is 0 Å². The van der Waals surface area contributed by atoms with Gasteiger partial charge >= 0.3 is 0 Å². The first-order chi connectivity index (χ1) is 11.1. The molecule has 0 aromatic heterocycles. The van der Waals surface area contributed by atoms with Crippen molar-refractivity contribution in [3.63, 3.8) is 0 Å². The van der Waals surface area contributed by atoms with Crippen LogP contribution in [-0.2, 0) is 4.74 Å². The summed E-state index contributed by atoms with van der Waals surface area (Å²) < 4.78 is 6.60. The maximum atomic E-state index is 6.60. The molecule has 2 aliphatic carbocycles. The Bertz CT molecular complexity index is 572. The fraction of sp³-hybridized carbons (Fsp3) is 0.652. The molecule has 0 aromatic rings. The van der Waals surface area contributed by atoms with Gasteiger partial charge in [-0.25, -0.2) is 0 Å². The highest BCUT2D eigenvalue weighted by Crippen LogP contribution is 2.48. The normalized spacial score (nSPS) is 24.7. The van der Waals surface area contributed by atoms with Crippen molar-refractivity contribution in [3.8, 4) is 0 Å². The topological polar surface area (TPSA) is 9.23 Å². The van der Waals surface area contributed by atoms with Gasteiger partial charge in [-0.1, -0.05) is 84.4 Å². The Morgan fingerprint density at radius 1 is 1.08 bits per heavy atom. The smallest absolute Gasteiger partial charge is 0.0971 e. The predicted octanol–water partition coefficient (Wildman–Crippen LogP) is 6.78. The summed E-state index contributed by atoms with van der Waals surface area (Å²) in [4.78, 5) is 0. The van der Waals surface area contributed by atoms with Crippen LogP contribution < -0.4 is 0 Å². The average molecular weight is 329 g/mol. The van der Waals surface area contributed by atoms with E-state index < -0.39 is 0 Å². The number of ether oxygens (including phenoxy) is 1. The van der Waals surface area contributed by atoms with Crippen molar-refractivity contribution in [1.29, 1.82) is 0 Å². The van der Waals surface area contributed by atoms with E-state index in [9.17, 15) is 0 Å². The van der Waals surface area contributed by atoms with E-state index >= 15 is 0 Å². The average Bonchev–Trinajstić information content (AvgIpc) is 2.96. The van der Waals surface area contributed by atoms with E-state index in [4.69, 9.17) is 4.74 Å². The molecule has 0 saturated heterocycles. The van der Waals surface area contributed by atoms with Crippen LogP contribution in [0.15, 0.2) is 47.1 Å². The van der Waals surface area contributed by atoms with Crippen LogP contribution in [-0.4, -0.2) is 12.2 Å². The molecule has 1 unspecified atom stereocenters. The SMILES string of the molecule is CCCOC1(CC2=CC=CC2)CC=C(C(C)(C)C)C=C1C(C)(C)C. The van der Waals surface area contributed by atoms with Crippen molar-refractivity contribution in [2.75, 3.05) is 6.61 Å². The summed E-state index contributed by atoms with van der Waals surface area (Å²) in [6.45, 7) is 16.9. The van der Waals surface area contributed by atoms with Gasteiger partial charge in [-0.05, 0) is 41.2 Å². The molecule has 0 radical (unpaired) electrons. The van der Waals surface area contributed by atoms with E-state index in [-0.39, 0.29) is 16.4 Å². The first-order valence-corrected chi connectivity index (χ1v) is 9.50. The Labute approximate surface area is 149 Å². The minimum Gasteiger partial charge on any atom is -0.370 e. The van der Waals surface area contributed by atoms with Crippen LogP contribution in [0.3, 0.4) is 0 Å². The first-order valence-electron chi connectivity index (χ1n) is 9.50. The summed E-state index contributed by atoms with van der Waals surface area (Å²) >= 11 is 0. The Morgan fingerprint density at radius 2 is 1.79 bits per heavy atom. The third-order valence-electron chi connectivity index (χ3n) is 5.06. The summed E-state index contributed by atoms with van der Waals surface area (Å²) in [6.07, 6.45) is 15.7. The summed E-state index contributed by atoms with van der Waals surface area (Å²) in [5.41, 5.74) is 4.51. The van der Waals surface area contributed by atoms with Crippen molar-refractivity contribution in [1.82, 2.24) is 0 Å². The van der Waals surface area contributed by atoms with E-state index in [1.165, 1.54) is 16.7 Å². The molecule has 0 spiro atoms. The number of hydrogen-bond acceptors (Lipinski definition) is 1. The standard InChI is InChI=1S/C23H36O/c1-8-15-24-23(17-18-11-9-10-12-18)14-13-19(21(2,3)4)16-20(23)22(5,6)7/h9-11,13,16H,8,12,14-15,17H2,1-7H3. The monoisotopic (exact) mass is 328 g/mol. The molecule has 0 saturated carbocycles. The lowest BCUT2D eigenvalue weighted by molar-refractivity contribution is -0.0279. The lowest BCUT2D eigenvalue weighted by Gasteiger charge is -2.45. The Kier molecular flexibility index (Phi) is 5.64. The molecule has 1 nitrogen and oxygen atoms in total. The minimum absolute atomic E-state index is 0.102. The summed E-state index contributed by atoms with van der Waals surface area (Å²) in [5.74, 6) is 0. The molecule has 2 rings (SSSR count). The molecule has 1 heteroatoms. The van der Waals surface area contributed by atoms with E-state index in [0.29, 0.717) is 0 Å². The van der Waals surface area contributed by atoms with Crippen LogP contribution in [0.4, 0.5) is 0 Å². The molecule has 0 N–H and O–H groups in total. The van der Waals surface area contributed by atoms with Crippen molar-refractivity contribution in [2.45, 2.75) is 79.8 Å². The van der Waals surface area contributed by atoms with Crippen molar-refractivity contribution in [3.05, 3.63) is 47.1 Å². The van der Waals surface area contributed by atoms with Crippen molar-refractivity contribution in [2.24, 2.45) is 10.8 Å². The first kappa shape index (κ1) is 19.2. The number of hydrogen-bond donors (Lipinski definition) is 0. The van der Waals surface area contributed by atoms with Gasteiger partial charge in [0.05, 0.1) is 5.60 Å². The lowest BCUT2D eigenvalue weighted by atomic mass is 9.66. The molecule has 24 heavy (non-hydrogen) atoms. The summed E-state index contributed by atoms with van der Waals surface area (Å²) in [6, 6.07) is 0. The lowest BCUT2D eigenvalue weighted by Crippen LogP contribution is -2.42. The van der Waals surface area contributed by atoms with Gasteiger partial charge < -0.3 is 4.74 Å².